The molecule has 0 aromatic heterocycles. The molecule has 31 heavy (non-hydrogen) atoms. The summed E-state index contributed by atoms with van der Waals surface area (Å²) in [6.45, 7) is 5.34. The molecule has 1 aromatic rings. The molecule has 7 heteroatoms. The SMILES string of the molecule is CC(C)C(=O)N1CCC(N(C)C(=O)N[C@H]2CC[C@@]3(c4cc(Cl)cc(Cl)c4)CC3C2)CC1. The molecule has 1 N–H and O–H groups in total. The zero-order valence-electron chi connectivity index (χ0n) is 18.7. The van der Waals surface area contributed by atoms with Crippen molar-refractivity contribution >= 4 is 35.1 Å². The Morgan fingerprint density at radius 2 is 1.77 bits per heavy atom. The number of amides is 3. The van der Waals surface area contributed by atoms with E-state index in [1.807, 2.05) is 30.7 Å². The molecule has 5 nitrogen and oxygen atoms in total. The van der Waals surface area contributed by atoms with Crippen molar-refractivity contribution in [3.63, 3.8) is 0 Å². The third kappa shape index (κ3) is 4.68. The molecule has 0 radical (unpaired) electrons. The number of hydrogen-bond acceptors (Lipinski definition) is 2. The standard InChI is InChI=1S/C24H33Cl2N3O2/c1-15(2)22(30)29-8-5-21(6-9-29)28(3)23(31)27-20-4-7-24(14-17(24)12-20)16-10-18(25)13-19(26)11-16/h10-11,13,15,17,20-21H,4-9,12,14H2,1-3H3,(H,27,31)/t17?,20-,24-/m0/s1. The Kier molecular flexibility index (Phi) is 6.47. The Balaban J connectivity index is 1.27. The van der Waals surface area contributed by atoms with Crippen LogP contribution in [-0.4, -0.2) is 54.0 Å². The number of nitrogens with one attached hydrogen (secondary N) is 1. The number of carbonyl (C=O) groups excluding carboxylic acids is 2. The number of rotatable bonds is 4. The zero-order valence-corrected chi connectivity index (χ0v) is 20.2. The summed E-state index contributed by atoms with van der Waals surface area (Å²) in [5, 5.41) is 4.66. The van der Waals surface area contributed by atoms with Gasteiger partial charge in [-0.05, 0) is 73.6 Å². The Hall–Kier alpha value is -1.46. The summed E-state index contributed by atoms with van der Waals surface area (Å²) in [4.78, 5) is 28.9. The first-order valence-corrected chi connectivity index (χ1v) is 12.2. The van der Waals surface area contributed by atoms with Crippen molar-refractivity contribution in [2.45, 2.75) is 69.9 Å². The molecule has 1 saturated heterocycles. The van der Waals surface area contributed by atoms with Crippen LogP contribution in [0, 0.1) is 11.8 Å². The van der Waals surface area contributed by atoms with Gasteiger partial charge in [-0.15, -0.1) is 0 Å². The first kappa shape index (κ1) is 22.7. The van der Waals surface area contributed by atoms with E-state index >= 15 is 0 Å². The van der Waals surface area contributed by atoms with Gasteiger partial charge in [0, 0.05) is 48.2 Å². The second-order valence-corrected chi connectivity index (χ2v) is 10.8. The monoisotopic (exact) mass is 465 g/mol. The molecule has 0 spiro atoms. The largest absolute Gasteiger partial charge is 0.342 e. The van der Waals surface area contributed by atoms with Gasteiger partial charge < -0.3 is 15.1 Å². The van der Waals surface area contributed by atoms with Crippen LogP contribution in [0.1, 0.15) is 57.9 Å². The van der Waals surface area contributed by atoms with Crippen molar-refractivity contribution in [1.82, 2.24) is 15.1 Å². The van der Waals surface area contributed by atoms with Gasteiger partial charge in [-0.3, -0.25) is 4.79 Å². The summed E-state index contributed by atoms with van der Waals surface area (Å²) < 4.78 is 0. The van der Waals surface area contributed by atoms with Crippen molar-refractivity contribution < 1.29 is 9.59 Å². The van der Waals surface area contributed by atoms with Gasteiger partial charge in [0.25, 0.3) is 0 Å². The summed E-state index contributed by atoms with van der Waals surface area (Å²) in [5.41, 5.74) is 1.44. The molecule has 3 amide bonds. The smallest absolute Gasteiger partial charge is 0.317 e. The van der Waals surface area contributed by atoms with E-state index in [4.69, 9.17) is 23.2 Å². The third-order valence-corrected chi connectivity index (χ3v) is 8.08. The fourth-order valence-corrected chi connectivity index (χ4v) is 6.17. The fraction of sp³-hybridized carbons (Fsp3) is 0.667. The van der Waals surface area contributed by atoms with E-state index in [1.165, 1.54) is 5.56 Å². The molecular formula is C24H33Cl2N3O2. The van der Waals surface area contributed by atoms with Crippen LogP contribution in [0.15, 0.2) is 18.2 Å². The molecule has 4 rings (SSSR count). The number of fused-ring (bicyclic) bond motifs is 1. The predicted molar refractivity (Wildman–Crippen MR) is 125 cm³/mol. The van der Waals surface area contributed by atoms with Crippen LogP contribution in [0.4, 0.5) is 4.79 Å². The Morgan fingerprint density at radius 1 is 1.13 bits per heavy atom. The number of likely N-dealkylation sites (tertiary alicyclic amines) is 1. The van der Waals surface area contributed by atoms with Crippen LogP contribution < -0.4 is 5.32 Å². The molecule has 1 aromatic carbocycles. The lowest BCUT2D eigenvalue weighted by molar-refractivity contribution is -0.135. The molecular weight excluding hydrogens is 433 g/mol. The molecule has 3 aliphatic rings. The van der Waals surface area contributed by atoms with Crippen LogP contribution in [0.3, 0.4) is 0 Å². The van der Waals surface area contributed by atoms with Gasteiger partial charge in [0.15, 0.2) is 0 Å². The number of hydrogen-bond donors (Lipinski definition) is 1. The number of carbonyl (C=O) groups is 2. The van der Waals surface area contributed by atoms with Gasteiger partial charge in [0.05, 0.1) is 0 Å². The number of benzene rings is 1. The Labute approximate surface area is 195 Å². The predicted octanol–water partition coefficient (Wildman–Crippen LogP) is 5.09. The van der Waals surface area contributed by atoms with E-state index in [9.17, 15) is 9.59 Å². The van der Waals surface area contributed by atoms with Crippen molar-refractivity contribution in [2.75, 3.05) is 20.1 Å². The number of halogens is 2. The third-order valence-electron chi connectivity index (χ3n) is 7.64. The fourth-order valence-electron chi connectivity index (χ4n) is 5.64. The summed E-state index contributed by atoms with van der Waals surface area (Å²) in [6, 6.07) is 6.30. The van der Waals surface area contributed by atoms with Gasteiger partial charge in [-0.25, -0.2) is 4.79 Å². The van der Waals surface area contributed by atoms with Crippen molar-refractivity contribution in [3.05, 3.63) is 33.8 Å². The number of urea groups is 1. The van der Waals surface area contributed by atoms with Crippen LogP contribution in [-0.2, 0) is 10.2 Å². The van der Waals surface area contributed by atoms with Crippen LogP contribution in [0.25, 0.3) is 0 Å². The summed E-state index contributed by atoms with van der Waals surface area (Å²) in [7, 11) is 1.89. The average molecular weight is 466 g/mol. The lowest BCUT2D eigenvalue weighted by Crippen LogP contribution is -2.52. The Morgan fingerprint density at radius 3 is 2.35 bits per heavy atom. The molecule has 2 aliphatic carbocycles. The first-order chi connectivity index (χ1) is 14.7. The molecule has 1 heterocycles. The van der Waals surface area contributed by atoms with E-state index in [-0.39, 0.29) is 35.4 Å². The van der Waals surface area contributed by atoms with Gasteiger partial charge in [-0.2, -0.15) is 0 Å². The highest BCUT2D eigenvalue weighted by Crippen LogP contribution is 2.62. The number of nitrogens with zero attached hydrogens (tertiary/aromatic N) is 2. The lowest BCUT2D eigenvalue weighted by atomic mass is 9.81. The number of piperidine rings is 1. The molecule has 170 valence electrons. The summed E-state index contributed by atoms with van der Waals surface area (Å²) >= 11 is 12.5. The zero-order chi connectivity index (χ0) is 22.3. The van der Waals surface area contributed by atoms with Crippen molar-refractivity contribution in [2.24, 2.45) is 11.8 Å². The summed E-state index contributed by atoms with van der Waals surface area (Å²) in [5.74, 6) is 0.819. The van der Waals surface area contributed by atoms with E-state index in [1.54, 1.807) is 6.07 Å². The molecule has 1 unspecified atom stereocenters. The quantitative estimate of drug-likeness (QED) is 0.672. The van der Waals surface area contributed by atoms with Gasteiger partial charge in [-0.1, -0.05) is 37.0 Å². The van der Waals surface area contributed by atoms with Crippen LogP contribution in [0.5, 0.6) is 0 Å². The van der Waals surface area contributed by atoms with E-state index in [0.717, 1.165) is 51.6 Å². The summed E-state index contributed by atoms with van der Waals surface area (Å²) in [6.07, 6.45) is 5.86. The average Bonchev–Trinajstić information content (AvgIpc) is 3.47. The normalized spacial score (nSPS) is 28.3. The second kappa shape index (κ2) is 8.82. The topological polar surface area (TPSA) is 52.7 Å². The maximum absolute atomic E-state index is 12.9. The van der Waals surface area contributed by atoms with E-state index in [2.05, 4.69) is 17.4 Å². The second-order valence-electron chi connectivity index (χ2n) is 9.96. The molecule has 3 atom stereocenters. The van der Waals surface area contributed by atoms with Crippen LogP contribution in [0.2, 0.25) is 10.0 Å². The minimum absolute atomic E-state index is 0.0117. The van der Waals surface area contributed by atoms with Gasteiger partial charge in [0.1, 0.15) is 0 Å². The molecule has 2 saturated carbocycles. The molecule has 1 aliphatic heterocycles. The first-order valence-electron chi connectivity index (χ1n) is 11.5. The Bertz CT molecular complexity index is 833. The van der Waals surface area contributed by atoms with Gasteiger partial charge in [0.2, 0.25) is 5.91 Å². The van der Waals surface area contributed by atoms with E-state index < -0.39 is 0 Å². The highest BCUT2D eigenvalue weighted by molar-refractivity contribution is 6.34. The minimum Gasteiger partial charge on any atom is -0.342 e. The van der Waals surface area contributed by atoms with E-state index in [0.29, 0.717) is 16.0 Å². The lowest BCUT2D eigenvalue weighted by Gasteiger charge is -2.38. The van der Waals surface area contributed by atoms with Crippen molar-refractivity contribution in [3.8, 4) is 0 Å². The maximum atomic E-state index is 12.9. The molecule has 3 fully saturated rings. The van der Waals surface area contributed by atoms with Crippen molar-refractivity contribution in [1.29, 1.82) is 0 Å². The highest BCUT2D eigenvalue weighted by atomic mass is 35.5. The highest BCUT2D eigenvalue weighted by Gasteiger charge is 2.57. The minimum atomic E-state index is 0.0117. The van der Waals surface area contributed by atoms with Gasteiger partial charge >= 0.3 is 6.03 Å². The molecule has 0 bridgehead atoms. The maximum Gasteiger partial charge on any atom is 0.317 e. The van der Waals surface area contributed by atoms with Crippen LogP contribution >= 0.6 is 23.2 Å².